The minimum absolute atomic E-state index is 0.328. The van der Waals surface area contributed by atoms with Gasteiger partial charge in [-0.3, -0.25) is 0 Å². The molecular formula is C9H15N3O2. The first-order chi connectivity index (χ1) is 6.87. The van der Waals surface area contributed by atoms with Crippen LogP contribution in [0.1, 0.15) is 25.7 Å². The fraction of sp³-hybridized carbons (Fsp3) is 1.00. The second-order valence-electron chi connectivity index (χ2n) is 3.84. The van der Waals surface area contributed by atoms with E-state index in [-0.39, 0.29) is 5.79 Å². The summed E-state index contributed by atoms with van der Waals surface area (Å²) < 4.78 is 11.4. The van der Waals surface area contributed by atoms with Crippen LogP contribution in [-0.2, 0) is 9.47 Å². The molecule has 0 N–H and O–H groups in total. The van der Waals surface area contributed by atoms with Gasteiger partial charge in [0.25, 0.3) is 0 Å². The SMILES string of the molecule is [N-]=[N+]=NCCC1CCCC12OCCO2. The van der Waals surface area contributed by atoms with E-state index in [1.54, 1.807) is 0 Å². The molecule has 2 rings (SSSR count). The third-order valence-electron chi connectivity index (χ3n) is 3.12. The van der Waals surface area contributed by atoms with Crippen LogP contribution in [0, 0.1) is 5.92 Å². The van der Waals surface area contributed by atoms with Crippen LogP contribution in [0.25, 0.3) is 10.4 Å². The van der Waals surface area contributed by atoms with E-state index in [1.807, 2.05) is 0 Å². The standard InChI is InChI=1S/C9H15N3O2/c10-12-11-5-3-8-2-1-4-9(8)13-6-7-14-9/h8H,1-7H2. The van der Waals surface area contributed by atoms with Crippen molar-refractivity contribution in [2.45, 2.75) is 31.5 Å². The molecule has 1 unspecified atom stereocenters. The summed E-state index contributed by atoms with van der Waals surface area (Å²) in [6, 6.07) is 0. The minimum atomic E-state index is -0.328. The lowest BCUT2D eigenvalue weighted by molar-refractivity contribution is -0.181. The van der Waals surface area contributed by atoms with Crippen molar-refractivity contribution in [3.63, 3.8) is 0 Å². The molecule has 1 aliphatic carbocycles. The van der Waals surface area contributed by atoms with Crippen LogP contribution in [0.5, 0.6) is 0 Å². The molecule has 2 fully saturated rings. The molecule has 14 heavy (non-hydrogen) atoms. The predicted molar refractivity (Wildman–Crippen MR) is 50.6 cm³/mol. The fourth-order valence-corrected chi connectivity index (χ4v) is 2.49. The van der Waals surface area contributed by atoms with E-state index >= 15 is 0 Å². The molecule has 1 heterocycles. The Hall–Kier alpha value is -0.770. The third kappa shape index (κ3) is 1.71. The summed E-state index contributed by atoms with van der Waals surface area (Å²) in [7, 11) is 0. The molecule has 1 saturated carbocycles. The maximum Gasteiger partial charge on any atom is 0.171 e. The summed E-state index contributed by atoms with van der Waals surface area (Å²) in [5, 5.41) is 3.56. The molecular weight excluding hydrogens is 182 g/mol. The van der Waals surface area contributed by atoms with Crippen LogP contribution in [0.4, 0.5) is 0 Å². The van der Waals surface area contributed by atoms with Gasteiger partial charge in [0.2, 0.25) is 0 Å². The van der Waals surface area contributed by atoms with Crippen molar-refractivity contribution in [3.05, 3.63) is 10.4 Å². The van der Waals surface area contributed by atoms with Crippen molar-refractivity contribution in [3.8, 4) is 0 Å². The molecule has 5 heteroatoms. The van der Waals surface area contributed by atoms with Crippen LogP contribution in [0.2, 0.25) is 0 Å². The van der Waals surface area contributed by atoms with Gasteiger partial charge < -0.3 is 9.47 Å². The molecule has 0 aromatic rings. The Morgan fingerprint density at radius 2 is 2.21 bits per heavy atom. The summed E-state index contributed by atoms with van der Waals surface area (Å²) in [5.74, 6) is 0.0841. The first kappa shape index (κ1) is 9.77. The van der Waals surface area contributed by atoms with Crippen LogP contribution < -0.4 is 0 Å². The Labute approximate surface area is 83.0 Å². The predicted octanol–water partition coefficient (Wildman–Crippen LogP) is 2.23. The van der Waals surface area contributed by atoms with Gasteiger partial charge in [-0.15, -0.1) is 0 Å². The normalized spacial score (nSPS) is 29.3. The number of hydrogen-bond donors (Lipinski definition) is 0. The number of nitrogens with zero attached hydrogens (tertiary/aromatic N) is 3. The van der Waals surface area contributed by atoms with Crippen molar-refractivity contribution in [1.82, 2.24) is 0 Å². The van der Waals surface area contributed by atoms with Crippen LogP contribution in [-0.4, -0.2) is 25.5 Å². The highest BCUT2D eigenvalue weighted by Crippen LogP contribution is 2.43. The van der Waals surface area contributed by atoms with E-state index in [0.717, 1.165) is 25.7 Å². The molecule has 0 aromatic carbocycles. The van der Waals surface area contributed by atoms with Crippen molar-refractivity contribution in [2.24, 2.45) is 11.0 Å². The first-order valence-electron chi connectivity index (χ1n) is 5.16. The summed E-state index contributed by atoms with van der Waals surface area (Å²) in [5.41, 5.74) is 8.19. The highest BCUT2D eigenvalue weighted by atomic mass is 16.7. The van der Waals surface area contributed by atoms with Gasteiger partial charge in [0.1, 0.15) is 0 Å². The fourth-order valence-electron chi connectivity index (χ4n) is 2.49. The lowest BCUT2D eigenvalue weighted by Gasteiger charge is -2.28. The molecule has 5 nitrogen and oxygen atoms in total. The first-order valence-corrected chi connectivity index (χ1v) is 5.16. The zero-order chi connectivity index (χ0) is 9.86. The second kappa shape index (κ2) is 4.17. The second-order valence-corrected chi connectivity index (χ2v) is 3.84. The van der Waals surface area contributed by atoms with Crippen LogP contribution in [0.15, 0.2) is 5.11 Å². The Kier molecular flexibility index (Phi) is 2.91. The molecule has 0 radical (unpaired) electrons. The van der Waals surface area contributed by atoms with Gasteiger partial charge in [-0.1, -0.05) is 5.11 Å². The highest BCUT2D eigenvalue weighted by molar-refractivity contribution is 4.89. The number of azide groups is 1. The Bertz CT molecular complexity index is 239. The van der Waals surface area contributed by atoms with Crippen molar-refractivity contribution >= 4 is 0 Å². The van der Waals surface area contributed by atoms with E-state index in [1.165, 1.54) is 0 Å². The smallest absolute Gasteiger partial charge is 0.171 e. The number of rotatable bonds is 3. The molecule has 0 aromatic heterocycles. The van der Waals surface area contributed by atoms with E-state index in [2.05, 4.69) is 10.0 Å². The van der Waals surface area contributed by atoms with Gasteiger partial charge >= 0.3 is 0 Å². The average molecular weight is 197 g/mol. The van der Waals surface area contributed by atoms with Gasteiger partial charge in [0.05, 0.1) is 13.2 Å². The topological polar surface area (TPSA) is 67.2 Å². The maximum absolute atomic E-state index is 8.19. The molecule has 1 saturated heterocycles. The Morgan fingerprint density at radius 1 is 1.43 bits per heavy atom. The maximum atomic E-state index is 8.19. The monoisotopic (exact) mass is 197 g/mol. The van der Waals surface area contributed by atoms with Crippen molar-refractivity contribution < 1.29 is 9.47 Å². The zero-order valence-corrected chi connectivity index (χ0v) is 8.19. The van der Waals surface area contributed by atoms with Gasteiger partial charge in [-0.2, -0.15) is 0 Å². The van der Waals surface area contributed by atoms with Crippen LogP contribution >= 0.6 is 0 Å². The number of hydrogen-bond acceptors (Lipinski definition) is 3. The molecule has 1 atom stereocenters. The minimum Gasteiger partial charge on any atom is -0.347 e. The van der Waals surface area contributed by atoms with Gasteiger partial charge in [-0.25, -0.2) is 0 Å². The van der Waals surface area contributed by atoms with E-state index in [9.17, 15) is 0 Å². The summed E-state index contributed by atoms with van der Waals surface area (Å²) in [6.45, 7) is 1.96. The van der Waals surface area contributed by atoms with Crippen molar-refractivity contribution in [2.75, 3.05) is 19.8 Å². The molecule has 1 spiro atoms. The molecule has 1 aliphatic heterocycles. The summed E-state index contributed by atoms with van der Waals surface area (Å²) in [6.07, 6.45) is 4.15. The lowest BCUT2D eigenvalue weighted by atomic mass is 9.98. The van der Waals surface area contributed by atoms with E-state index in [4.69, 9.17) is 15.0 Å². The Morgan fingerprint density at radius 3 is 2.93 bits per heavy atom. The summed E-state index contributed by atoms with van der Waals surface area (Å²) in [4.78, 5) is 2.76. The third-order valence-corrected chi connectivity index (χ3v) is 3.12. The lowest BCUT2D eigenvalue weighted by Crippen LogP contribution is -2.34. The summed E-state index contributed by atoms with van der Waals surface area (Å²) >= 11 is 0. The Balaban J connectivity index is 1.92. The average Bonchev–Trinajstić information content (AvgIpc) is 2.80. The molecule has 78 valence electrons. The van der Waals surface area contributed by atoms with Crippen LogP contribution in [0.3, 0.4) is 0 Å². The van der Waals surface area contributed by atoms with Gasteiger partial charge in [-0.05, 0) is 24.8 Å². The molecule has 2 aliphatic rings. The largest absolute Gasteiger partial charge is 0.347 e. The number of ether oxygens (including phenoxy) is 2. The van der Waals surface area contributed by atoms with Gasteiger partial charge in [0, 0.05) is 23.8 Å². The van der Waals surface area contributed by atoms with E-state index < -0.39 is 0 Å². The zero-order valence-electron chi connectivity index (χ0n) is 8.19. The molecule has 0 amide bonds. The highest BCUT2D eigenvalue weighted by Gasteiger charge is 2.47. The van der Waals surface area contributed by atoms with E-state index in [0.29, 0.717) is 25.7 Å². The van der Waals surface area contributed by atoms with Gasteiger partial charge in [0.15, 0.2) is 5.79 Å². The molecule has 0 bridgehead atoms. The van der Waals surface area contributed by atoms with Crippen molar-refractivity contribution in [1.29, 1.82) is 0 Å². The quantitative estimate of drug-likeness (QED) is 0.395.